The Balaban J connectivity index is 2.51. The summed E-state index contributed by atoms with van der Waals surface area (Å²) in [4.78, 5) is 16.8. The molecule has 102 valence electrons. The van der Waals surface area contributed by atoms with Crippen molar-refractivity contribution in [2.75, 3.05) is 12.4 Å². The normalized spacial score (nSPS) is 11.0. The van der Waals surface area contributed by atoms with E-state index in [0.717, 1.165) is 10.8 Å². The minimum Gasteiger partial charge on any atom is -0.365 e. The molecule has 0 atom stereocenters. The van der Waals surface area contributed by atoms with Gasteiger partial charge >= 0.3 is 0 Å². The average molecular weight is 278 g/mol. The smallest absolute Gasteiger partial charge is 0.276 e. The van der Waals surface area contributed by atoms with E-state index in [1.807, 2.05) is 19.4 Å². The monoisotopic (exact) mass is 278 g/mol. The molecule has 2 aromatic rings. The Morgan fingerprint density at radius 1 is 1.47 bits per heavy atom. The van der Waals surface area contributed by atoms with Gasteiger partial charge in [-0.3, -0.25) is 4.79 Å². The second-order valence-electron chi connectivity index (χ2n) is 4.87. The van der Waals surface area contributed by atoms with Crippen molar-refractivity contribution in [1.82, 2.24) is 14.8 Å². The van der Waals surface area contributed by atoms with Crippen molar-refractivity contribution in [3.8, 4) is 11.3 Å². The average Bonchev–Trinajstić information content (AvgIpc) is 2.81. The van der Waals surface area contributed by atoms with Gasteiger partial charge in [0.05, 0.1) is 17.0 Å². The summed E-state index contributed by atoms with van der Waals surface area (Å²) in [6.45, 7) is 6.65. The van der Waals surface area contributed by atoms with Crippen LogP contribution in [0.15, 0.2) is 16.2 Å². The first kappa shape index (κ1) is 13.7. The molecule has 1 N–H and O–H groups in total. The van der Waals surface area contributed by atoms with E-state index in [-0.39, 0.29) is 5.56 Å². The SMILES string of the molecule is CNc1nc(-c2cc(C)nn(CC(C)C)c2=O)cs1. The van der Waals surface area contributed by atoms with E-state index >= 15 is 0 Å². The maximum absolute atomic E-state index is 12.4. The summed E-state index contributed by atoms with van der Waals surface area (Å²) in [7, 11) is 1.82. The predicted molar refractivity (Wildman–Crippen MR) is 78.7 cm³/mol. The minimum absolute atomic E-state index is 0.0766. The van der Waals surface area contributed by atoms with E-state index in [4.69, 9.17) is 0 Å². The van der Waals surface area contributed by atoms with Crippen LogP contribution < -0.4 is 10.9 Å². The van der Waals surface area contributed by atoms with Crippen LogP contribution >= 0.6 is 11.3 Å². The van der Waals surface area contributed by atoms with Gasteiger partial charge < -0.3 is 5.32 Å². The maximum Gasteiger partial charge on any atom is 0.276 e. The molecule has 2 heterocycles. The van der Waals surface area contributed by atoms with Gasteiger partial charge in [0, 0.05) is 19.0 Å². The largest absolute Gasteiger partial charge is 0.365 e. The highest BCUT2D eigenvalue weighted by Gasteiger charge is 2.12. The number of aromatic nitrogens is 3. The van der Waals surface area contributed by atoms with E-state index < -0.39 is 0 Å². The lowest BCUT2D eigenvalue weighted by Crippen LogP contribution is -2.27. The molecule has 0 aromatic carbocycles. The first-order valence-corrected chi connectivity index (χ1v) is 7.11. The summed E-state index contributed by atoms with van der Waals surface area (Å²) in [6, 6.07) is 1.80. The number of anilines is 1. The summed E-state index contributed by atoms with van der Waals surface area (Å²) in [6.07, 6.45) is 0. The summed E-state index contributed by atoms with van der Waals surface area (Å²) in [5.41, 5.74) is 2.08. The van der Waals surface area contributed by atoms with E-state index in [0.29, 0.717) is 23.7 Å². The lowest BCUT2D eigenvalue weighted by Gasteiger charge is -2.09. The molecule has 19 heavy (non-hydrogen) atoms. The molecule has 0 saturated heterocycles. The van der Waals surface area contributed by atoms with Crippen molar-refractivity contribution in [2.45, 2.75) is 27.3 Å². The van der Waals surface area contributed by atoms with Crippen molar-refractivity contribution in [2.24, 2.45) is 5.92 Å². The Morgan fingerprint density at radius 3 is 2.79 bits per heavy atom. The number of thiazole rings is 1. The molecule has 0 fully saturated rings. The Hall–Kier alpha value is -1.69. The maximum atomic E-state index is 12.4. The van der Waals surface area contributed by atoms with E-state index in [1.165, 1.54) is 16.0 Å². The molecule has 6 heteroatoms. The zero-order valence-corrected chi connectivity index (χ0v) is 12.4. The first-order valence-electron chi connectivity index (χ1n) is 6.23. The summed E-state index contributed by atoms with van der Waals surface area (Å²) in [5, 5.41) is 9.97. The van der Waals surface area contributed by atoms with Crippen LogP contribution in [-0.4, -0.2) is 21.8 Å². The molecular weight excluding hydrogens is 260 g/mol. The summed E-state index contributed by atoms with van der Waals surface area (Å²) in [5.74, 6) is 0.378. The fourth-order valence-electron chi connectivity index (χ4n) is 1.84. The number of nitrogens with zero attached hydrogens (tertiary/aromatic N) is 3. The molecule has 0 radical (unpaired) electrons. The van der Waals surface area contributed by atoms with Crippen molar-refractivity contribution in [1.29, 1.82) is 0 Å². The molecule has 0 amide bonds. The second kappa shape index (κ2) is 5.52. The van der Waals surface area contributed by atoms with Gasteiger partial charge in [-0.15, -0.1) is 11.3 Å². The lowest BCUT2D eigenvalue weighted by molar-refractivity contribution is 0.461. The highest BCUT2D eigenvalue weighted by molar-refractivity contribution is 7.14. The number of nitrogens with one attached hydrogen (secondary N) is 1. The highest BCUT2D eigenvalue weighted by atomic mass is 32.1. The number of rotatable bonds is 4. The molecule has 5 nitrogen and oxygen atoms in total. The minimum atomic E-state index is -0.0766. The van der Waals surface area contributed by atoms with Gasteiger partial charge in [-0.25, -0.2) is 9.67 Å². The lowest BCUT2D eigenvalue weighted by atomic mass is 10.2. The molecule has 0 bridgehead atoms. The molecular formula is C13H18N4OS. The third kappa shape index (κ3) is 3.01. The van der Waals surface area contributed by atoms with Gasteiger partial charge in [0.15, 0.2) is 5.13 Å². The molecule has 0 unspecified atom stereocenters. The first-order chi connectivity index (χ1) is 9.01. The number of hydrogen-bond donors (Lipinski definition) is 1. The Bertz CT molecular complexity index is 630. The van der Waals surface area contributed by atoms with Crippen LogP contribution in [0.1, 0.15) is 19.5 Å². The van der Waals surface area contributed by atoms with Crippen molar-refractivity contribution in [3.05, 3.63) is 27.5 Å². The van der Waals surface area contributed by atoms with Gasteiger partial charge in [-0.05, 0) is 18.9 Å². The van der Waals surface area contributed by atoms with E-state index in [1.54, 1.807) is 6.07 Å². The molecule has 0 aliphatic carbocycles. The molecule has 0 spiro atoms. The Morgan fingerprint density at radius 2 is 2.21 bits per heavy atom. The van der Waals surface area contributed by atoms with Crippen LogP contribution in [0.4, 0.5) is 5.13 Å². The Kier molecular flexibility index (Phi) is 3.99. The zero-order chi connectivity index (χ0) is 14.0. The molecule has 0 saturated carbocycles. The predicted octanol–water partition coefficient (Wildman–Crippen LogP) is 2.37. The Labute approximate surface area is 116 Å². The van der Waals surface area contributed by atoms with Gasteiger partial charge in [0.1, 0.15) is 0 Å². The van der Waals surface area contributed by atoms with E-state index in [9.17, 15) is 4.79 Å². The summed E-state index contributed by atoms with van der Waals surface area (Å²) < 4.78 is 1.54. The van der Waals surface area contributed by atoms with Crippen LogP contribution in [0.3, 0.4) is 0 Å². The van der Waals surface area contributed by atoms with Crippen molar-refractivity contribution in [3.63, 3.8) is 0 Å². The number of hydrogen-bond acceptors (Lipinski definition) is 5. The van der Waals surface area contributed by atoms with Crippen LogP contribution in [0.5, 0.6) is 0 Å². The molecule has 0 aliphatic rings. The van der Waals surface area contributed by atoms with Gasteiger partial charge in [-0.2, -0.15) is 5.10 Å². The number of aryl methyl sites for hydroxylation is 1. The van der Waals surface area contributed by atoms with Gasteiger partial charge in [0.2, 0.25) is 0 Å². The third-order valence-corrected chi connectivity index (χ3v) is 3.49. The standard InChI is InChI=1S/C13H18N4OS/c1-8(2)6-17-12(18)10(5-9(3)16-17)11-7-19-13(14-4)15-11/h5,7-8H,6H2,1-4H3,(H,14,15). The fraction of sp³-hybridized carbons (Fsp3) is 0.462. The summed E-state index contributed by atoms with van der Waals surface area (Å²) >= 11 is 1.49. The quantitative estimate of drug-likeness (QED) is 0.932. The highest BCUT2D eigenvalue weighted by Crippen LogP contribution is 2.22. The zero-order valence-electron chi connectivity index (χ0n) is 11.6. The van der Waals surface area contributed by atoms with Gasteiger partial charge in [-0.1, -0.05) is 13.8 Å². The fourth-order valence-corrected chi connectivity index (χ4v) is 2.51. The van der Waals surface area contributed by atoms with Crippen LogP contribution in [0.25, 0.3) is 11.3 Å². The van der Waals surface area contributed by atoms with Crippen molar-refractivity contribution < 1.29 is 0 Å². The molecule has 2 rings (SSSR count). The van der Waals surface area contributed by atoms with Gasteiger partial charge in [0.25, 0.3) is 5.56 Å². The van der Waals surface area contributed by atoms with Crippen LogP contribution in [0.2, 0.25) is 0 Å². The molecule has 0 aliphatic heterocycles. The van der Waals surface area contributed by atoms with Crippen LogP contribution in [0, 0.1) is 12.8 Å². The topological polar surface area (TPSA) is 59.8 Å². The molecule has 2 aromatic heterocycles. The van der Waals surface area contributed by atoms with E-state index in [2.05, 4.69) is 29.2 Å². The van der Waals surface area contributed by atoms with Crippen molar-refractivity contribution >= 4 is 16.5 Å². The third-order valence-electron chi connectivity index (χ3n) is 2.63. The second-order valence-corrected chi connectivity index (χ2v) is 5.73. The van der Waals surface area contributed by atoms with Crippen LogP contribution in [-0.2, 0) is 6.54 Å².